The molecule has 2 rings (SSSR count). The monoisotopic (exact) mass is 326 g/mol. The maximum Gasteiger partial charge on any atom is 0.254 e. The quantitative estimate of drug-likeness (QED) is 0.865. The lowest BCUT2D eigenvalue weighted by atomic mass is 9.93. The number of nitrogens with zero attached hydrogens (tertiary/aromatic N) is 1. The number of rotatable bonds is 4. The van der Waals surface area contributed by atoms with E-state index < -0.39 is 0 Å². The van der Waals surface area contributed by atoms with Crippen LogP contribution in [0, 0.1) is 5.92 Å². The van der Waals surface area contributed by atoms with Gasteiger partial charge in [0, 0.05) is 17.6 Å². The number of halogens is 1. The highest BCUT2D eigenvalue weighted by molar-refractivity contribution is 9.10. The van der Waals surface area contributed by atoms with Crippen LogP contribution in [-0.2, 0) is 4.84 Å². The van der Waals surface area contributed by atoms with Gasteiger partial charge in [0.1, 0.15) is 0 Å². The van der Waals surface area contributed by atoms with Gasteiger partial charge in [-0.3, -0.25) is 4.79 Å². The van der Waals surface area contributed by atoms with Crippen molar-refractivity contribution in [2.75, 3.05) is 19.7 Å². The first kappa shape index (κ1) is 14.5. The van der Waals surface area contributed by atoms with E-state index in [4.69, 9.17) is 5.90 Å². The van der Waals surface area contributed by atoms with Crippen LogP contribution in [0.2, 0.25) is 0 Å². The van der Waals surface area contributed by atoms with Crippen molar-refractivity contribution in [1.29, 1.82) is 0 Å². The Morgan fingerprint density at radius 1 is 1.37 bits per heavy atom. The Hall–Kier alpha value is -0.910. The molecule has 1 saturated heterocycles. The van der Waals surface area contributed by atoms with Crippen molar-refractivity contribution in [1.82, 2.24) is 4.90 Å². The van der Waals surface area contributed by atoms with Crippen molar-refractivity contribution in [2.45, 2.75) is 19.3 Å². The molecule has 19 heavy (non-hydrogen) atoms. The number of piperidine rings is 1. The second kappa shape index (κ2) is 7.03. The van der Waals surface area contributed by atoms with Crippen LogP contribution in [-0.4, -0.2) is 30.5 Å². The van der Waals surface area contributed by atoms with Crippen LogP contribution >= 0.6 is 15.9 Å². The molecule has 5 heteroatoms. The van der Waals surface area contributed by atoms with E-state index in [1.807, 2.05) is 29.2 Å². The number of amides is 1. The van der Waals surface area contributed by atoms with Gasteiger partial charge in [0.15, 0.2) is 0 Å². The standard InChI is InChI=1S/C14H19BrN2O2/c15-13-4-2-1-3-12(13)14(18)17-8-5-11(6-9-17)7-10-19-16/h1-4,11H,5-10,16H2. The van der Waals surface area contributed by atoms with Crippen molar-refractivity contribution in [3.8, 4) is 0 Å². The van der Waals surface area contributed by atoms with Crippen molar-refractivity contribution >= 4 is 21.8 Å². The summed E-state index contributed by atoms with van der Waals surface area (Å²) in [5, 5.41) is 0. The number of carbonyl (C=O) groups excluding carboxylic acids is 1. The van der Waals surface area contributed by atoms with Crippen LogP contribution in [0.5, 0.6) is 0 Å². The normalized spacial score (nSPS) is 16.6. The second-order valence-electron chi connectivity index (χ2n) is 4.87. The Morgan fingerprint density at radius 3 is 2.68 bits per heavy atom. The van der Waals surface area contributed by atoms with Gasteiger partial charge in [-0.1, -0.05) is 12.1 Å². The minimum absolute atomic E-state index is 0.112. The number of hydrogen-bond acceptors (Lipinski definition) is 3. The fourth-order valence-electron chi connectivity index (χ4n) is 2.46. The third kappa shape index (κ3) is 3.78. The summed E-state index contributed by atoms with van der Waals surface area (Å²) in [4.78, 5) is 18.9. The Morgan fingerprint density at radius 2 is 2.05 bits per heavy atom. The zero-order valence-electron chi connectivity index (χ0n) is 10.8. The summed E-state index contributed by atoms with van der Waals surface area (Å²) in [6.45, 7) is 2.23. The van der Waals surface area contributed by atoms with Gasteiger partial charge in [0.2, 0.25) is 0 Å². The van der Waals surface area contributed by atoms with Gasteiger partial charge in [0.05, 0.1) is 12.2 Å². The van der Waals surface area contributed by atoms with E-state index in [1.54, 1.807) is 0 Å². The molecule has 0 saturated carbocycles. The molecule has 0 atom stereocenters. The van der Waals surface area contributed by atoms with Gasteiger partial charge < -0.3 is 9.74 Å². The molecular formula is C14H19BrN2O2. The van der Waals surface area contributed by atoms with Crippen molar-refractivity contribution in [2.24, 2.45) is 11.8 Å². The van der Waals surface area contributed by atoms with Crippen LogP contribution in [0.15, 0.2) is 28.7 Å². The Kier molecular flexibility index (Phi) is 5.36. The first-order valence-corrected chi connectivity index (χ1v) is 7.37. The molecule has 2 N–H and O–H groups in total. The number of likely N-dealkylation sites (tertiary alicyclic amines) is 1. The van der Waals surface area contributed by atoms with Crippen molar-refractivity contribution < 1.29 is 9.63 Å². The van der Waals surface area contributed by atoms with E-state index in [9.17, 15) is 4.79 Å². The van der Waals surface area contributed by atoms with Crippen LogP contribution < -0.4 is 5.90 Å². The predicted molar refractivity (Wildman–Crippen MR) is 77.5 cm³/mol. The number of hydrogen-bond donors (Lipinski definition) is 1. The molecule has 1 amide bonds. The lowest BCUT2D eigenvalue weighted by molar-refractivity contribution is 0.0650. The maximum absolute atomic E-state index is 12.4. The van der Waals surface area contributed by atoms with Crippen molar-refractivity contribution in [3.05, 3.63) is 34.3 Å². The third-order valence-electron chi connectivity index (χ3n) is 3.65. The molecule has 0 bridgehead atoms. The molecule has 1 aliphatic rings. The van der Waals surface area contributed by atoms with Crippen molar-refractivity contribution in [3.63, 3.8) is 0 Å². The van der Waals surface area contributed by atoms with E-state index in [0.29, 0.717) is 12.5 Å². The first-order chi connectivity index (χ1) is 9.22. The van der Waals surface area contributed by atoms with E-state index >= 15 is 0 Å². The minimum Gasteiger partial charge on any atom is -0.339 e. The lowest BCUT2D eigenvalue weighted by Crippen LogP contribution is -2.38. The van der Waals surface area contributed by atoms with Gasteiger partial charge in [-0.2, -0.15) is 0 Å². The molecule has 1 aromatic rings. The summed E-state index contributed by atoms with van der Waals surface area (Å²) in [5.74, 6) is 5.77. The average molecular weight is 327 g/mol. The molecule has 1 aliphatic heterocycles. The molecule has 0 aromatic heterocycles. The summed E-state index contributed by atoms with van der Waals surface area (Å²) in [7, 11) is 0. The molecule has 0 radical (unpaired) electrons. The molecule has 0 spiro atoms. The molecule has 1 heterocycles. The zero-order valence-corrected chi connectivity index (χ0v) is 12.4. The Labute approximate surface area is 122 Å². The molecule has 0 aliphatic carbocycles. The van der Waals surface area contributed by atoms with E-state index in [0.717, 1.165) is 42.4 Å². The molecule has 1 fully saturated rings. The summed E-state index contributed by atoms with van der Waals surface area (Å²) >= 11 is 3.43. The van der Waals surface area contributed by atoms with Gasteiger partial charge in [-0.25, -0.2) is 5.90 Å². The fourth-order valence-corrected chi connectivity index (χ4v) is 2.92. The summed E-state index contributed by atoms with van der Waals surface area (Å²) in [6, 6.07) is 7.57. The highest BCUT2D eigenvalue weighted by atomic mass is 79.9. The van der Waals surface area contributed by atoms with E-state index in [1.165, 1.54) is 0 Å². The van der Waals surface area contributed by atoms with E-state index in [-0.39, 0.29) is 5.91 Å². The average Bonchev–Trinajstić information content (AvgIpc) is 2.45. The minimum atomic E-state index is 0.112. The number of benzene rings is 1. The molecular weight excluding hydrogens is 308 g/mol. The molecule has 104 valence electrons. The first-order valence-electron chi connectivity index (χ1n) is 6.58. The Bertz CT molecular complexity index is 431. The third-order valence-corrected chi connectivity index (χ3v) is 4.34. The highest BCUT2D eigenvalue weighted by Gasteiger charge is 2.24. The van der Waals surface area contributed by atoms with Crippen LogP contribution in [0.1, 0.15) is 29.6 Å². The van der Waals surface area contributed by atoms with Gasteiger partial charge >= 0.3 is 0 Å². The summed E-state index contributed by atoms with van der Waals surface area (Å²) < 4.78 is 0.860. The second-order valence-corrected chi connectivity index (χ2v) is 5.73. The van der Waals surface area contributed by atoms with Crippen LogP contribution in [0.3, 0.4) is 0 Å². The van der Waals surface area contributed by atoms with Gasteiger partial charge in [-0.15, -0.1) is 0 Å². The van der Waals surface area contributed by atoms with Crippen LogP contribution in [0.4, 0.5) is 0 Å². The lowest BCUT2D eigenvalue weighted by Gasteiger charge is -2.32. The highest BCUT2D eigenvalue weighted by Crippen LogP contribution is 2.24. The molecule has 0 unspecified atom stereocenters. The fraction of sp³-hybridized carbons (Fsp3) is 0.500. The summed E-state index contributed by atoms with van der Waals surface area (Å²) in [6.07, 6.45) is 3.03. The molecule has 4 nitrogen and oxygen atoms in total. The topological polar surface area (TPSA) is 55.6 Å². The predicted octanol–water partition coefficient (Wildman–Crippen LogP) is 2.58. The SMILES string of the molecule is NOCCC1CCN(C(=O)c2ccccc2Br)CC1. The Balaban J connectivity index is 1.91. The zero-order chi connectivity index (χ0) is 13.7. The van der Waals surface area contributed by atoms with E-state index in [2.05, 4.69) is 20.8 Å². The van der Waals surface area contributed by atoms with Crippen LogP contribution in [0.25, 0.3) is 0 Å². The smallest absolute Gasteiger partial charge is 0.254 e. The van der Waals surface area contributed by atoms with Gasteiger partial charge in [-0.05, 0) is 53.2 Å². The summed E-state index contributed by atoms with van der Waals surface area (Å²) in [5.41, 5.74) is 0.742. The maximum atomic E-state index is 12.4. The number of carbonyl (C=O) groups is 1. The molecule has 1 aromatic carbocycles. The number of nitrogens with two attached hydrogens (primary N) is 1. The van der Waals surface area contributed by atoms with Gasteiger partial charge in [0.25, 0.3) is 5.91 Å². The largest absolute Gasteiger partial charge is 0.339 e.